The highest BCUT2D eigenvalue weighted by molar-refractivity contribution is 7.93. The van der Waals surface area contributed by atoms with Crippen molar-refractivity contribution in [3.8, 4) is 0 Å². The number of nitrogens with one attached hydrogen (secondary N) is 2. The van der Waals surface area contributed by atoms with Gasteiger partial charge in [0.15, 0.2) is 5.13 Å². The minimum atomic E-state index is -3.85. The van der Waals surface area contributed by atoms with Crippen molar-refractivity contribution in [3.05, 3.63) is 76.4 Å². The van der Waals surface area contributed by atoms with Crippen LogP contribution in [0.3, 0.4) is 0 Å². The van der Waals surface area contributed by atoms with Crippen LogP contribution in [0.2, 0.25) is 0 Å². The summed E-state index contributed by atoms with van der Waals surface area (Å²) in [6, 6.07) is 11.3. The van der Waals surface area contributed by atoms with E-state index in [0.717, 1.165) is 16.2 Å². The number of aromatic nitrogens is 1. The smallest absolute Gasteiger partial charge is 0.338 e. The van der Waals surface area contributed by atoms with Crippen LogP contribution in [-0.4, -0.2) is 37.3 Å². The number of amides is 2. The lowest BCUT2D eigenvalue weighted by molar-refractivity contribution is -0.120. The van der Waals surface area contributed by atoms with E-state index < -0.39 is 27.8 Å². The van der Waals surface area contributed by atoms with E-state index in [4.69, 9.17) is 16.3 Å². The second-order valence-corrected chi connectivity index (χ2v) is 10.7. The average Bonchev–Trinajstić information content (AvgIpc) is 3.41. The molecule has 10 nitrogen and oxygen atoms in total. The van der Waals surface area contributed by atoms with Gasteiger partial charge < -0.3 is 10.1 Å². The topological polar surface area (TPSA) is 135 Å². The number of ether oxygens (including phenoxy) is 1. The normalized spacial score (nSPS) is 13.9. The number of benzene rings is 2. The fourth-order valence-corrected chi connectivity index (χ4v) is 5.19. The van der Waals surface area contributed by atoms with E-state index >= 15 is 0 Å². The van der Waals surface area contributed by atoms with E-state index in [9.17, 15) is 22.8 Å². The molecule has 1 aliphatic rings. The predicted molar refractivity (Wildman–Crippen MR) is 135 cm³/mol. The lowest BCUT2D eigenvalue weighted by Crippen LogP contribution is -2.32. The van der Waals surface area contributed by atoms with Crippen molar-refractivity contribution >= 4 is 67.3 Å². The Morgan fingerprint density at radius 2 is 1.72 bits per heavy atom. The van der Waals surface area contributed by atoms with Crippen LogP contribution >= 0.6 is 22.9 Å². The van der Waals surface area contributed by atoms with Crippen molar-refractivity contribution in [2.24, 2.45) is 0 Å². The summed E-state index contributed by atoms with van der Waals surface area (Å²) in [6.07, 6.45) is 1.18. The van der Waals surface area contributed by atoms with Gasteiger partial charge in [-0.2, -0.15) is 0 Å². The van der Waals surface area contributed by atoms with Crippen LogP contribution in [0.5, 0.6) is 0 Å². The minimum Gasteiger partial charge on any atom is -0.459 e. The van der Waals surface area contributed by atoms with Gasteiger partial charge in [0, 0.05) is 17.3 Å². The Hall–Kier alpha value is -3.74. The number of hydrogen-bond donors (Lipinski definition) is 2. The van der Waals surface area contributed by atoms with Crippen LogP contribution in [0.1, 0.15) is 24.2 Å². The second-order valence-electron chi connectivity index (χ2n) is 7.73. The summed E-state index contributed by atoms with van der Waals surface area (Å²) in [5, 5.41) is 4.32. The van der Waals surface area contributed by atoms with Crippen molar-refractivity contribution in [1.29, 1.82) is 0 Å². The van der Waals surface area contributed by atoms with Crippen molar-refractivity contribution in [2.45, 2.75) is 24.8 Å². The quantitative estimate of drug-likeness (QED) is 0.320. The molecule has 0 saturated carbocycles. The third-order valence-corrected chi connectivity index (χ3v) is 7.34. The van der Waals surface area contributed by atoms with Gasteiger partial charge in [0.2, 0.25) is 0 Å². The summed E-state index contributed by atoms with van der Waals surface area (Å²) < 4.78 is 32.5. The number of carbonyl (C=O) groups excluding carboxylic acids is 3. The Balaban J connectivity index is 1.48. The molecule has 0 saturated heterocycles. The van der Waals surface area contributed by atoms with Crippen LogP contribution in [-0.2, 0) is 24.3 Å². The number of esters is 1. The largest absolute Gasteiger partial charge is 0.459 e. The maximum atomic E-state index is 13.0. The van der Waals surface area contributed by atoms with Crippen LogP contribution in [0.15, 0.2) is 75.7 Å². The summed E-state index contributed by atoms with van der Waals surface area (Å²) in [4.78, 5) is 42.5. The zero-order valence-corrected chi connectivity index (χ0v) is 21.3. The van der Waals surface area contributed by atoms with Crippen molar-refractivity contribution in [3.63, 3.8) is 0 Å². The molecule has 2 aromatic carbocycles. The molecule has 0 spiro atoms. The lowest BCUT2D eigenvalue weighted by Gasteiger charge is -2.16. The molecule has 186 valence electrons. The van der Waals surface area contributed by atoms with E-state index in [0.29, 0.717) is 5.69 Å². The van der Waals surface area contributed by atoms with Crippen molar-refractivity contribution in [2.75, 3.05) is 14.9 Å². The van der Waals surface area contributed by atoms with Gasteiger partial charge in [-0.05, 0) is 62.4 Å². The first-order valence-electron chi connectivity index (χ1n) is 10.5. The summed E-state index contributed by atoms with van der Waals surface area (Å²) in [5.41, 5.74) is 0.659. The number of sulfonamides is 1. The Morgan fingerprint density at radius 3 is 2.31 bits per heavy atom. The maximum absolute atomic E-state index is 13.0. The first-order valence-corrected chi connectivity index (χ1v) is 13.2. The van der Waals surface area contributed by atoms with E-state index in [-0.39, 0.29) is 38.1 Å². The molecular formula is C23H19ClN4O6S2. The number of hydrogen-bond acceptors (Lipinski definition) is 9. The predicted octanol–water partition coefficient (Wildman–Crippen LogP) is 3.94. The minimum absolute atomic E-state index is 0.0186. The molecule has 36 heavy (non-hydrogen) atoms. The number of nitrogens with zero attached hydrogens (tertiary/aromatic N) is 2. The number of thiazole rings is 1. The van der Waals surface area contributed by atoms with E-state index in [1.54, 1.807) is 19.2 Å². The molecule has 0 unspecified atom stereocenters. The SMILES string of the molecule is CC(C)OC(=O)c1ccc(N2C(=O)C(Cl)=C(Nc3ccc(S(=O)(=O)Nc4nccs4)cc3)C2=O)cc1. The number of rotatable bonds is 8. The summed E-state index contributed by atoms with van der Waals surface area (Å²) in [7, 11) is -3.85. The van der Waals surface area contributed by atoms with Crippen molar-refractivity contribution < 1.29 is 27.5 Å². The van der Waals surface area contributed by atoms with Crippen LogP contribution in [0.4, 0.5) is 16.5 Å². The Labute approximate surface area is 215 Å². The molecule has 0 atom stereocenters. The first-order chi connectivity index (χ1) is 17.1. The highest BCUT2D eigenvalue weighted by Gasteiger charge is 2.39. The zero-order chi connectivity index (χ0) is 26.0. The fourth-order valence-electron chi connectivity index (χ4n) is 3.18. The van der Waals surface area contributed by atoms with E-state index in [2.05, 4.69) is 15.0 Å². The Bertz CT molecular complexity index is 1450. The Morgan fingerprint density at radius 1 is 1.06 bits per heavy atom. The molecule has 4 rings (SSSR count). The molecule has 1 aromatic heterocycles. The van der Waals surface area contributed by atoms with Gasteiger partial charge >= 0.3 is 5.97 Å². The van der Waals surface area contributed by atoms with Gasteiger partial charge in [0.05, 0.1) is 22.3 Å². The molecule has 0 aliphatic carbocycles. The molecule has 0 radical (unpaired) electrons. The van der Waals surface area contributed by atoms with Crippen LogP contribution < -0.4 is 14.9 Å². The van der Waals surface area contributed by atoms with Gasteiger partial charge in [-0.15, -0.1) is 11.3 Å². The van der Waals surface area contributed by atoms with Crippen LogP contribution in [0, 0.1) is 0 Å². The van der Waals surface area contributed by atoms with Gasteiger partial charge in [0.25, 0.3) is 21.8 Å². The Kier molecular flexibility index (Phi) is 7.11. The molecule has 0 bridgehead atoms. The van der Waals surface area contributed by atoms with Crippen molar-refractivity contribution in [1.82, 2.24) is 4.98 Å². The molecule has 0 fully saturated rings. The summed E-state index contributed by atoms with van der Waals surface area (Å²) in [5.74, 6) is -1.97. The highest BCUT2D eigenvalue weighted by Crippen LogP contribution is 2.31. The molecule has 2 N–H and O–H groups in total. The molecule has 1 aliphatic heterocycles. The van der Waals surface area contributed by atoms with Gasteiger partial charge in [-0.3, -0.25) is 14.3 Å². The van der Waals surface area contributed by atoms with Gasteiger partial charge in [0.1, 0.15) is 10.7 Å². The number of anilines is 3. The van der Waals surface area contributed by atoms with Gasteiger partial charge in [-0.1, -0.05) is 11.6 Å². The monoisotopic (exact) mass is 546 g/mol. The average molecular weight is 547 g/mol. The maximum Gasteiger partial charge on any atom is 0.338 e. The van der Waals surface area contributed by atoms with E-state index in [1.165, 1.54) is 54.7 Å². The molecule has 2 heterocycles. The number of halogens is 1. The molecule has 2 amide bonds. The third-order valence-electron chi connectivity index (χ3n) is 4.82. The fraction of sp³-hybridized carbons (Fsp3) is 0.130. The van der Waals surface area contributed by atoms with Crippen LogP contribution in [0.25, 0.3) is 0 Å². The zero-order valence-electron chi connectivity index (χ0n) is 18.9. The summed E-state index contributed by atoms with van der Waals surface area (Å²) >= 11 is 7.30. The number of carbonyl (C=O) groups is 3. The summed E-state index contributed by atoms with van der Waals surface area (Å²) in [6.45, 7) is 3.45. The molecule has 3 aromatic rings. The van der Waals surface area contributed by atoms with Gasteiger partial charge in [-0.25, -0.2) is 23.1 Å². The first kappa shape index (κ1) is 25.4. The molecule has 13 heteroatoms. The lowest BCUT2D eigenvalue weighted by atomic mass is 10.2. The second kappa shape index (κ2) is 10.1. The molecular weight excluding hydrogens is 528 g/mol. The van der Waals surface area contributed by atoms with E-state index in [1.807, 2.05) is 0 Å². The third kappa shape index (κ3) is 5.25. The highest BCUT2D eigenvalue weighted by atomic mass is 35.5. The number of imide groups is 1. The standard InChI is InChI=1S/C23H19ClN4O6S2/c1-13(2)34-22(31)14-3-7-16(8-4-14)28-20(29)18(24)19(21(28)30)26-15-5-9-17(10-6-15)36(32,33)27-23-25-11-12-35-23/h3-13,26H,1-2H3,(H,25,27).